The number of nitrogens with one attached hydrogen (secondary N) is 2. The van der Waals surface area contributed by atoms with Crippen molar-refractivity contribution in [3.63, 3.8) is 0 Å². The molecule has 2 aromatic carbocycles. The van der Waals surface area contributed by atoms with E-state index < -0.39 is 6.09 Å². The predicted molar refractivity (Wildman–Crippen MR) is 106 cm³/mol. The Labute approximate surface area is 164 Å². The molecular formula is C21H23ClN2O3. The molecule has 2 atom stereocenters. The van der Waals surface area contributed by atoms with E-state index in [-0.39, 0.29) is 24.5 Å². The summed E-state index contributed by atoms with van der Waals surface area (Å²) in [6.07, 6.45) is 2.79. The van der Waals surface area contributed by atoms with Crippen LogP contribution >= 0.6 is 11.6 Å². The summed E-state index contributed by atoms with van der Waals surface area (Å²) in [4.78, 5) is 24.4. The molecule has 2 N–H and O–H groups in total. The number of anilines is 1. The van der Waals surface area contributed by atoms with Gasteiger partial charge in [-0.1, -0.05) is 48.0 Å². The normalized spacial score (nSPS) is 19.1. The number of hydrogen-bond acceptors (Lipinski definition) is 3. The van der Waals surface area contributed by atoms with Crippen molar-refractivity contribution in [3.8, 4) is 0 Å². The van der Waals surface area contributed by atoms with Crippen LogP contribution < -0.4 is 10.6 Å². The molecule has 0 unspecified atom stereocenters. The number of rotatable bonds is 5. The summed E-state index contributed by atoms with van der Waals surface area (Å²) >= 11 is 6.11. The van der Waals surface area contributed by atoms with Gasteiger partial charge in [-0.2, -0.15) is 0 Å². The summed E-state index contributed by atoms with van der Waals surface area (Å²) in [5.74, 6) is -0.0671. The van der Waals surface area contributed by atoms with Gasteiger partial charge in [0.2, 0.25) is 5.91 Å². The summed E-state index contributed by atoms with van der Waals surface area (Å²) < 4.78 is 5.52. The molecule has 0 spiro atoms. The van der Waals surface area contributed by atoms with Gasteiger partial charge >= 0.3 is 6.09 Å². The molecule has 5 nitrogen and oxygen atoms in total. The van der Waals surface area contributed by atoms with Crippen molar-refractivity contribution in [2.24, 2.45) is 0 Å². The Bertz CT molecular complexity index is 782. The second-order valence-corrected chi connectivity index (χ2v) is 7.12. The minimum Gasteiger partial charge on any atom is -0.446 e. The Morgan fingerprint density at radius 1 is 1.04 bits per heavy atom. The molecule has 0 heterocycles. The Morgan fingerprint density at radius 2 is 1.78 bits per heavy atom. The fraction of sp³-hybridized carbons (Fsp3) is 0.333. The van der Waals surface area contributed by atoms with E-state index in [2.05, 4.69) is 10.6 Å². The monoisotopic (exact) mass is 386 g/mol. The van der Waals surface area contributed by atoms with Gasteiger partial charge in [-0.05, 0) is 43.0 Å². The second kappa shape index (κ2) is 9.42. The topological polar surface area (TPSA) is 67.4 Å². The zero-order valence-corrected chi connectivity index (χ0v) is 15.7. The van der Waals surface area contributed by atoms with Crippen molar-refractivity contribution in [2.75, 3.05) is 5.32 Å². The molecule has 0 bridgehead atoms. The zero-order chi connectivity index (χ0) is 19.1. The maximum Gasteiger partial charge on any atom is 0.411 e. The van der Waals surface area contributed by atoms with E-state index in [1.807, 2.05) is 36.4 Å². The molecular weight excluding hydrogens is 364 g/mol. The standard InChI is InChI=1S/C21H23ClN2O3/c22-19-12-5-4-7-15(19)13-20(25)23-17-10-6-11-18(14-17)27-21(26)24-16-8-2-1-3-9-16/h1-5,7-9,12,17-18H,6,10-11,13-14H2,(H,23,25)(H,24,26)/t17-,18+/m1/s1. The lowest BCUT2D eigenvalue weighted by Crippen LogP contribution is -2.41. The van der Waals surface area contributed by atoms with E-state index in [9.17, 15) is 9.59 Å². The first-order valence-corrected chi connectivity index (χ1v) is 9.53. The lowest BCUT2D eigenvalue weighted by molar-refractivity contribution is -0.121. The summed E-state index contributed by atoms with van der Waals surface area (Å²) in [5, 5.41) is 6.35. The van der Waals surface area contributed by atoms with Gasteiger partial charge in [0.25, 0.3) is 0 Å². The predicted octanol–water partition coefficient (Wildman–Crippen LogP) is 4.56. The first kappa shape index (κ1) is 19.2. The van der Waals surface area contributed by atoms with Crippen LogP contribution in [-0.4, -0.2) is 24.1 Å². The Morgan fingerprint density at radius 3 is 2.56 bits per heavy atom. The molecule has 27 heavy (non-hydrogen) atoms. The molecule has 0 aromatic heterocycles. The molecule has 0 saturated heterocycles. The van der Waals surface area contributed by atoms with E-state index in [4.69, 9.17) is 16.3 Å². The highest BCUT2D eigenvalue weighted by Crippen LogP contribution is 2.22. The molecule has 3 rings (SSSR count). The van der Waals surface area contributed by atoms with E-state index >= 15 is 0 Å². The van der Waals surface area contributed by atoms with Crippen LogP contribution in [0.15, 0.2) is 54.6 Å². The summed E-state index contributed by atoms with van der Waals surface area (Å²) in [5.41, 5.74) is 1.51. The Balaban J connectivity index is 1.46. The molecule has 1 saturated carbocycles. The van der Waals surface area contributed by atoms with Crippen LogP contribution in [-0.2, 0) is 16.0 Å². The maximum absolute atomic E-state index is 12.3. The highest BCUT2D eigenvalue weighted by atomic mass is 35.5. The summed E-state index contributed by atoms with van der Waals surface area (Å²) in [7, 11) is 0. The Kier molecular flexibility index (Phi) is 6.71. The smallest absolute Gasteiger partial charge is 0.411 e. The van der Waals surface area contributed by atoms with Crippen LogP contribution in [0.25, 0.3) is 0 Å². The highest BCUT2D eigenvalue weighted by Gasteiger charge is 2.26. The van der Waals surface area contributed by atoms with Crippen molar-refractivity contribution >= 4 is 29.3 Å². The number of halogens is 1. The quantitative estimate of drug-likeness (QED) is 0.791. The number of benzene rings is 2. The van der Waals surface area contributed by atoms with Crippen molar-refractivity contribution in [1.29, 1.82) is 0 Å². The van der Waals surface area contributed by atoms with Crippen molar-refractivity contribution in [1.82, 2.24) is 5.32 Å². The van der Waals surface area contributed by atoms with Gasteiger partial charge in [0.1, 0.15) is 6.10 Å². The van der Waals surface area contributed by atoms with Crippen molar-refractivity contribution < 1.29 is 14.3 Å². The fourth-order valence-electron chi connectivity index (χ4n) is 3.30. The van der Waals surface area contributed by atoms with Gasteiger partial charge in [-0.25, -0.2) is 4.79 Å². The summed E-state index contributed by atoms with van der Waals surface area (Å²) in [6, 6.07) is 16.5. The molecule has 6 heteroatoms. The average Bonchev–Trinajstić information content (AvgIpc) is 2.64. The van der Waals surface area contributed by atoms with Crippen LogP contribution in [0.1, 0.15) is 31.2 Å². The number of hydrogen-bond donors (Lipinski definition) is 2. The van der Waals surface area contributed by atoms with E-state index in [0.717, 1.165) is 24.8 Å². The molecule has 2 amide bonds. The van der Waals surface area contributed by atoms with E-state index in [0.29, 0.717) is 17.1 Å². The third-order valence-corrected chi connectivity index (χ3v) is 4.96. The minimum atomic E-state index is -0.464. The molecule has 0 aliphatic heterocycles. The van der Waals surface area contributed by atoms with Gasteiger partial charge in [-0.3, -0.25) is 10.1 Å². The number of ether oxygens (including phenoxy) is 1. The number of carbonyl (C=O) groups is 2. The molecule has 2 aromatic rings. The van der Waals surface area contributed by atoms with Crippen LogP contribution in [0, 0.1) is 0 Å². The second-order valence-electron chi connectivity index (χ2n) is 6.72. The molecule has 0 radical (unpaired) electrons. The van der Waals surface area contributed by atoms with Crippen molar-refractivity contribution in [3.05, 3.63) is 65.2 Å². The van der Waals surface area contributed by atoms with Gasteiger partial charge in [0.15, 0.2) is 0 Å². The molecule has 1 fully saturated rings. The molecule has 1 aliphatic rings. The minimum absolute atomic E-state index is 0.00302. The number of para-hydroxylation sites is 1. The van der Waals surface area contributed by atoms with Crippen LogP contribution in [0.2, 0.25) is 5.02 Å². The number of carbonyl (C=O) groups excluding carboxylic acids is 2. The zero-order valence-electron chi connectivity index (χ0n) is 15.0. The van der Waals surface area contributed by atoms with Gasteiger partial charge in [0, 0.05) is 23.2 Å². The fourth-order valence-corrected chi connectivity index (χ4v) is 3.50. The first-order valence-electron chi connectivity index (χ1n) is 9.15. The van der Waals surface area contributed by atoms with Crippen LogP contribution in [0.5, 0.6) is 0 Å². The summed E-state index contributed by atoms with van der Waals surface area (Å²) in [6.45, 7) is 0. The SMILES string of the molecule is O=C(Cc1ccccc1Cl)N[C@@H]1CCC[C@H](OC(=O)Nc2ccccc2)C1. The first-order chi connectivity index (χ1) is 13.1. The number of amides is 2. The maximum atomic E-state index is 12.3. The highest BCUT2D eigenvalue weighted by molar-refractivity contribution is 6.31. The van der Waals surface area contributed by atoms with E-state index in [1.165, 1.54) is 0 Å². The van der Waals surface area contributed by atoms with Gasteiger partial charge in [0.05, 0.1) is 6.42 Å². The third-order valence-electron chi connectivity index (χ3n) is 4.59. The molecule has 142 valence electrons. The third kappa shape index (κ3) is 6.00. The van der Waals surface area contributed by atoms with Crippen LogP contribution in [0.3, 0.4) is 0 Å². The molecule has 1 aliphatic carbocycles. The Hall–Kier alpha value is -2.53. The van der Waals surface area contributed by atoms with Crippen molar-refractivity contribution in [2.45, 2.75) is 44.2 Å². The van der Waals surface area contributed by atoms with Gasteiger partial charge in [-0.15, -0.1) is 0 Å². The van der Waals surface area contributed by atoms with E-state index in [1.54, 1.807) is 18.2 Å². The largest absolute Gasteiger partial charge is 0.446 e. The average molecular weight is 387 g/mol. The van der Waals surface area contributed by atoms with Crippen LogP contribution in [0.4, 0.5) is 10.5 Å². The lowest BCUT2D eigenvalue weighted by Gasteiger charge is -2.29. The van der Waals surface area contributed by atoms with Gasteiger partial charge < -0.3 is 10.1 Å². The lowest BCUT2D eigenvalue weighted by atomic mass is 9.92.